The summed E-state index contributed by atoms with van der Waals surface area (Å²) in [4.78, 5) is 45.0. The lowest BCUT2D eigenvalue weighted by molar-refractivity contribution is -0.151. The third-order valence-corrected chi connectivity index (χ3v) is 7.18. The molecule has 208 valence electrons. The number of carbonyl (C=O) groups is 2. The number of hydrogen-bond donors (Lipinski definition) is 0. The highest BCUT2D eigenvalue weighted by molar-refractivity contribution is 6.30. The summed E-state index contributed by atoms with van der Waals surface area (Å²) in [5.74, 6) is -0.546. The van der Waals surface area contributed by atoms with E-state index in [4.69, 9.17) is 21.1 Å². The van der Waals surface area contributed by atoms with Crippen molar-refractivity contribution in [2.24, 2.45) is 5.92 Å². The molecule has 0 saturated carbocycles. The summed E-state index contributed by atoms with van der Waals surface area (Å²) >= 11 is 6.16. The van der Waals surface area contributed by atoms with E-state index in [2.05, 4.69) is 10.1 Å². The number of aryl methyl sites for hydroxylation is 2. The number of amides is 1. The van der Waals surface area contributed by atoms with Gasteiger partial charge in [-0.15, -0.1) is 0 Å². The number of rotatable bonds is 7. The number of halogens is 1. The highest BCUT2D eigenvalue weighted by atomic mass is 35.5. The molecule has 40 heavy (non-hydrogen) atoms. The van der Waals surface area contributed by atoms with Crippen molar-refractivity contribution >= 4 is 29.1 Å². The maximum atomic E-state index is 13.6. The summed E-state index contributed by atoms with van der Waals surface area (Å²) in [5, 5.41) is 5.26. The van der Waals surface area contributed by atoms with Crippen LogP contribution in [-0.2, 0) is 14.3 Å². The number of pyridine rings is 1. The minimum absolute atomic E-state index is 0.241. The molecule has 4 heterocycles. The molecule has 1 saturated heterocycles. The number of esters is 1. The highest BCUT2D eigenvalue weighted by Gasteiger charge is 2.29. The van der Waals surface area contributed by atoms with Crippen molar-refractivity contribution in [1.29, 1.82) is 0 Å². The number of hydrogen-bond acceptors (Lipinski definition) is 7. The van der Waals surface area contributed by atoms with E-state index in [1.807, 2.05) is 25.1 Å². The van der Waals surface area contributed by atoms with E-state index >= 15 is 0 Å². The van der Waals surface area contributed by atoms with Gasteiger partial charge in [-0.3, -0.25) is 18.8 Å². The Balaban J connectivity index is 1.39. The van der Waals surface area contributed by atoms with Crippen LogP contribution in [0.3, 0.4) is 0 Å². The van der Waals surface area contributed by atoms with Gasteiger partial charge < -0.3 is 14.4 Å². The Morgan fingerprint density at radius 3 is 2.75 bits per heavy atom. The van der Waals surface area contributed by atoms with E-state index in [0.29, 0.717) is 59.5 Å². The van der Waals surface area contributed by atoms with Crippen LogP contribution in [0.1, 0.15) is 31.2 Å². The number of ether oxygens (including phenoxy) is 2. The molecule has 0 aliphatic carbocycles. The van der Waals surface area contributed by atoms with Crippen molar-refractivity contribution in [2.75, 3.05) is 26.3 Å². The molecule has 4 aromatic rings. The van der Waals surface area contributed by atoms with E-state index in [-0.39, 0.29) is 30.0 Å². The first-order chi connectivity index (χ1) is 19.3. The molecule has 1 unspecified atom stereocenters. The minimum atomic E-state index is -0.331. The van der Waals surface area contributed by atoms with Crippen LogP contribution >= 0.6 is 11.6 Å². The van der Waals surface area contributed by atoms with E-state index in [0.717, 1.165) is 17.8 Å². The van der Waals surface area contributed by atoms with Crippen molar-refractivity contribution in [3.05, 3.63) is 75.4 Å². The van der Waals surface area contributed by atoms with Gasteiger partial charge in [0.15, 0.2) is 18.0 Å². The lowest BCUT2D eigenvalue weighted by atomic mass is 9.98. The normalized spacial score (nSPS) is 15.3. The van der Waals surface area contributed by atoms with Crippen LogP contribution in [0, 0.1) is 19.8 Å². The predicted molar refractivity (Wildman–Crippen MR) is 150 cm³/mol. The number of likely N-dealkylation sites (tertiary alicyclic amines) is 1. The van der Waals surface area contributed by atoms with Crippen molar-refractivity contribution in [3.8, 4) is 22.7 Å². The third kappa shape index (κ3) is 5.44. The van der Waals surface area contributed by atoms with Gasteiger partial charge in [0.05, 0.1) is 29.5 Å². The van der Waals surface area contributed by atoms with Gasteiger partial charge >= 0.3 is 5.97 Å². The van der Waals surface area contributed by atoms with Crippen LogP contribution < -0.4 is 10.3 Å². The molecule has 1 aliphatic heterocycles. The summed E-state index contributed by atoms with van der Waals surface area (Å²) in [7, 11) is 0. The quantitative estimate of drug-likeness (QED) is 0.313. The highest BCUT2D eigenvalue weighted by Crippen LogP contribution is 2.25. The molecule has 10 nitrogen and oxygen atoms in total. The Labute approximate surface area is 236 Å². The molecule has 3 aromatic heterocycles. The first-order valence-electron chi connectivity index (χ1n) is 13.2. The van der Waals surface area contributed by atoms with Gasteiger partial charge in [0, 0.05) is 30.0 Å². The summed E-state index contributed by atoms with van der Waals surface area (Å²) in [6.07, 6.45) is 3.02. The number of fused-ring (bicyclic) bond motifs is 1. The molecule has 1 atom stereocenters. The van der Waals surface area contributed by atoms with Gasteiger partial charge in [0.1, 0.15) is 5.69 Å². The average molecular weight is 564 g/mol. The lowest BCUT2D eigenvalue weighted by Gasteiger charge is -2.31. The Bertz CT molecular complexity index is 1650. The first-order valence-corrected chi connectivity index (χ1v) is 13.6. The molecule has 0 bridgehead atoms. The second-order valence-corrected chi connectivity index (χ2v) is 10.2. The van der Waals surface area contributed by atoms with E-state index in [1.165, 1.54) is 4.40 Å². The van der Waals surface area contributed by atoms with Crippen molar-refractivity contribution < 1.29 is 19.1 Å². The van der Waals surface area contributed by atoms with Gasteiger partial charge in [-0.25, -0.2) is 9.67 Å². The van der Waals surface area contributed by atoms with Crippen LogP contribution in [0.5, 0.6) is 5.75 Å². The van der Waals surface area contributed by atoms with Crippen molar-refractivity contribution in [2.45, 2.75) is 33.6 Å². The second-order valence-electron chi connectivity index (χ2n) is 9.73. The molecular weight excluding hydrogens is 534 g/mol. The SMILES string of the molecule is CCOC(=O)C1CCCN(C(=O)COc2cccn3c(=O)c(-c4cc(C)n(-c5cccc(Cl)c5)n4)c(C)nc23)C1. The average Bonchev–Trinajstić information content (AvgIpc) is 3.33. The zero-order chi connectivity index (χ0) is 28.4. The van der Waals surface area contributed by atoms with Crippen LogP contribution in [-0.4, -0.2) is 62.2 Å². The zero-order valence-corrected chi connectivity index (χ0v) is 23.3. The topological polar surface area (TPSA) is 108 Å². The van der Waals surface area contributed by atoms with Crippen molar-refractivity contribution in [3.63, 3.8) is 0 Å². The number of piperidine rings is 1. The van der Waals surface area contributed by atoms with Crippen LogP contribution in [0.2, 0.25) is 5.02 Å². The summed E-state index contributed by atoms with van der Waals surface area (Å²) in [5.41, 5.74) is 2.96. The van der Waals surface area contributed by atoms with Gasteiger partial charge in [-0.2, -0.15) is 5.10 Å². The number of nitrogens with zero attached hydrogens (tertiary/aromatic N) is 5. The molecule has 5 rings (SSSR count). The fourth-order valence-corrected chi connectivity index (χ4v) is 5.19. The smallest absolute Gasteiger partial charge is 0.310 e. The van der Waals surface area contributed by atoms with Gasteiger partial charge in [0.2, 0.25) is 0 Å². The lowest BCUT2D eigenvalue weighted by Crippen LogP contribution is -2.44. The zero-order valence-electron chi connectivity index (χ0n) is 22.6. The fourth-order valence-electron chi connectivity index (χ4n) is 5.00. The molecule has 0 spiro atoms. The molecule has 0 N–H and O–H groups in total. The molecule has 1 aromatic carbocycles. The molecular formula is C29H30ClN5O5. The Kier molecular flexibility index (Phi) is 7.88. The van der Waals surface area contributed by atoms with Crippen LogP contribution in [0.15, 0.2) is 53.5 Å². The molecule has 11 heteroatoms. The Morgan fingerprint density at radius 2 is 1.98 bits per heavy atom. The molecule has 1 aliphatic rings. The summed E-state index contributed by atoms with van der Waals surface area (Å²) in [6.45, 7) is 6.33. The summed E-state index contributed by atoms with van der Waals surface area (Å²) < 4.78 is 14.1. The van der Waals surface area contributed by atoms with E-state index < -0.39 is 0 Å². The van der Waals surface area contributed by atoms with Crippen molar-refractivity contribution in [1.82, 2.24) is 24.1 Å². The third-order valence-electron chi connectivity index (χ3n) is 6.94. The largest absolute Gasteiger partial charge is 0.480 e. The second kappa shape index (κ2) is 11.5. The minimum Gasteiger partial charge on any atom is -0.480 e. The maximum absolute atomic E-state index is 13.6. The molecule has 1 fully saturated rings. The predicted octanol–water partition coefficient (Wildman–Crippen LogP) is 4.00. The molecule has 0 radical (unpaired) electrons. The van der Waals surface area contributed by atoms with E-state index in [1.54, 1.807) is 53.9 Å². The number of carbonyl (C=O) groups excluding carboxylic acids is 2. The van der Waals surface area contributed by atoms with Crippen LogP contribution in [0.25, 0.3) is 22.6 Å². The van der Waals surface area contributed by atoms with E-state index in [9.17, 15) is 14.4 Å². The number of benzene rings is 1. The van der Waals surface area contributed by atoms with Gasteiger partial charge in [0.25, 0.3) is 11.5 Å². The van der Waals surface area contributed by atoms with Gasteiger partial charge in [-0.1, -0.05) is 17.7 Å². The maximum Gasteiger partial charge on any atom is 0.310 e. The Morgan fingerprint density at radius 1 is 1.15 bits per heavy atom. The van der Waals surface area contributed by atoms with Gasteiger partial charge in [-0.05, 0) is 70.0 Å². The monoisotopic (exact) mass is 563 g/mol. The summed E-state index contributed by atoms with van der Waals surface area (Å²) in [6, 6.07) is 12.5. The molecule has 1 amide bonds. The fraction of sp³-hybridized carbons (Fsp3) is 0.345. The Hall–Kier alpha value is -4.18. The number of aromatic nitrogens is 4. The first kappa shape index (κ1) is 27.4. The van der Waals surface area contributed by atoms with Crippen LogP contribution in [0.4, 0.5) is 0 Å². The standard InChI is InChI=1S/C29H30ClN5O5/c1-4-39-29(38)20-8-6-12-33(16-20)25(36)17-40-24-11-7-13-34-27(24)31-19(3)26(28(34)37)23-14-18(2)35(32-23)22-10-5-9-21(30)15-22/h5,7,9-11,13-15,20H,4,6,8,12,16-17H2,1-3H3.